The molecule has 2 aliphatic rings. The van der Waals surface area contributed by atoms with Crippen LogP contribution in [-0.2, 0) is 26.6 Å². The number of carbonyl (C=O) groups excluding carboxylic acids is 1. The van der Waals surface area contributed by atoms with Gasteiger partial charge in [-0.25, -0.2) is 0 Å². The van der Waals surface area contributed by atoms with E-state index in [-0.39, 0.29) is 5.91 Å². The fourth-order valence-corrected chi connectivity index (χ4v) is 4.27. The first-order valence-corrected chi connectivity index (χ1v) is 10.3. The fraction of sp³-hybridized carbons (Fsp3) is 0.292. The van der Waals surface area contributed by atoms with Gasteiger partial charge in [0.25, 0.3) is 5.91 Å². The number of hydrogen-bond donors (Lipinski definition) is 1. The summed E-state index contributed by atoms with van der Waals surface area (Å²) in [6, 6.07) is 18.0. The number of amides is 1. The lowest BCUT2D eigenvalue weighted by molar-refractivity contribution is 0.101. The largest absolute Gasteiger partial charge is 0.486 e. The van der Waals surface area contributed by atoms with Gasteiger partial charge in [-0.2, -0.15) is 0 Å². The Balaban J connectivity index is 1.31. The third-order valence-electron chi connectivity index (χ3n) is 5.79. The van der Waals surface area contributed by atoms with Gasteiger partial charge in [-0.05, 0) is 29.3 Å². The molecule has 0 atom stereocenters. The first-order valence-electron chi connectivity index (χ1n) is 10.3. The Morgan fingerprint density at radius 2 is 1.83 bits per heavy atom. The SMILES string of the molecule is Cn1c(C(=O)Nc2ccc3c(c2)OCCO3)cc2c1CCN(Cc1ccccc1)C2. The van der Waals surface area contributed by atoms with Crippen LogP contribution in [0.1, 0.15) is 27.3 Å². The van der Waals surface area contributed by atoms with E-state index in [1.165, 1.54) is 16.8 Å². The highest BCUT2D eigenvalue weighted by Crippen LogP contribution is 2.33. The molecule has 0 saturated carbocycles. The summed E-state index contributed by atoms with van der Waals surface area (Å²) in [6.07, 6.45) is 0.940. The molecule has 6 nitrogen and oxygen atoms in total. The van der Waals surface area contributed by atoms with Crippen LogP contribution in [0.3, 0.4) is 0 Å². The number of hydrogen-bond acceptors (Lipinski definition) is 4. The Bertz CT molecular complexity index is 1070. The molecule has 0 fully saturated rings. The van der Waals surface area contributed by atoms with Crippen LogP contribution in [0.4, 0.5) is 5.69 Å². The molecule has 3 heterocycles. The van der Waals surface area contributed by atoms with Crippen molar-refractivity contribution in [1.82, 2.24) is 9.47 Å². The number of fused-ring (bicyclic) bond motifs is 2. The van der Waals surface area contributed by atoms with E-state index in [9.17, 15) is 4.79 Å². The summed E-state index contributed by atoms with van der Waals surface area (Å²) in [6.45, 7) is 3.84. The molecule has 0 saturated heterocycles. The number of ether oxygens (including phenoxy) is 2. The second-order valence-electron chi connectivity index (χ2n) is 7.82. The van der Waals surface area contributed by atoms with Crippen molar-refractivity contribution in [1.29, 1.82) is 0 Å². The van der Waals surface area contributed by atoms with Gasteiger partial charge in [-0.1, -0.05) is 30.3 Å². The Hall–Kier alpha value is -3.25. The van der Waals surface area contributed by atoms with E-state index >= 15 is 0 Å². The zero-order valence-electron chi connectivity index (χ0n) is 17.1. The average Bonchev–Trinajstić information content (AvgIpc) is 3.10. The first-order chi connectivity index (χ1) is 14.7. The highest BCUT2D eigenvalue weighted by Gasteiger charge is 2.24. The van der Waals surface area contributed by atoms with Crippen LogP contribution in [0.25, 0.3) is 0 Å². The topological polar surface area (TPSA) is 55.7 Å². The van der Waals surface area contributed by atoms with Gasteiger partial charge in [-0.15, -0.1) is 0 Å². The van der Waals surface area contributed by atoms with Crippen molar-refractivity contribution in [3.8, 4) is 11.5 Å². The monoisotopic (exact) mass is 403 g/mol. The molecule has 1 aromatic heterocycles. The summed E-state index contributed by atoms with van der Waals surface area (Å²) in [7, 11) is 1.98. The summed E-state index contributed by atoms with van der Waals surface area (Å²) in [5.74, 6) is 1.27. The van der Waals surface area contributed by atoms with Gasteiger partial charge in [0.2, 0.25) is 0 Å². The van der Waals surface area contributed by atoms with Gasteiger partial charge >= 0.3 is 0 Å². The maximum absolute atomic E-state index is 13.0. The predicted molar refractivity (Wildman–Crippen MR) is 115 cm³/mol. The third-order valence-corrected chi connectivity index (χ3v) is 5.79. The number of aromatic nitrogens is 1. The zero-order chi connectivity index (χ0) is 20.5. The molecule has 0 bridgehead atoms. The molecule has 30 heavy (non-hydrogen) atoms. The molecule has 2 aromatic carbocycles. The van der Waals surface area contributed by atoms with E-state index < -0.39 is 0 Å². The second-order valence-corrected chi connectivity index (χ2v) is 7.82. The molecule has 6 heteroatoms. The van der Waals surface area contributed by atoms with E-state index in [2.05, 4.69) is 34.5 Å². The highest BCUT2D eigenvalue weighted by atomic mass is 16.6. The molecule has 0 unspecified atom stereocenters. The van der Waals surface area contributed by atoms with Crippen molar-refractivity contribution in [2.24, 2.45) is 7.05 Å². The third kappa shape index (κ3) is 3.66. The number of rotatable bonds is 4. The maximum Gasteiger partial charge on any atom is 0.272 e. The predicted octanol–water partition coefficient (Wildman–Crippen LogP) is 3.61. The minimum absolute atomic E-state index is 0.113. The van der Waals surface area contributed by atoms with Crippen molar-refractivity contribution in [2.45, 2.75) is 19.5 Å². The van der Waals surface area contributed by atoms with Crippen LogP contribution in [0, 0.1) is 0 Å². The quantitative estimate of drug-likeness (QED) is 0.723. The normalized spacial score (nSPS) is 15.5. The molecule has 2 aliphatic heterocycles. The summed E-state index contributed by atoms with van der Waals surface area (Å²) >= 11 is 0. The number of anilines is 1. The molecular weight excluding hydrogens is 378 g/mol. The van der Waals surface area contributed by atoms with E-state index in [1.807, 2.05) is 41.9 Å². The summed E-state index contributed by atoms with van der Waals surface area (Å²) in [4.78, 5) is 15.4. The Labute approximate surface area is 176 Å². The molecule has 0 spiro atoms. The van der Waals surface area contributed by atoms with Gasteiger partial charge < -0.3 is 19.4 Å². The number of benzene rings is 2. The van der Waals surface area contributed by atoms with Crippen molar-refractivity contribution in [3.63, 3.8) is 0 Å². The van der Waals surface area contributed by atoms with Gasteiger partial charge in [0.15, 0.2) is 11.5 Å². The van der Waals surface area contributed by atoms with E-state index in [0.717, 1.165) is 26.1 Å². The van der Waals surface area contributed by atoms with Crippen molar-refractivity contribution < 1.29 is 14.3 Å². The van der Waals surface area contributed by atoms with Crippen LogP contribution in [0.5, 0.6) is 11.5 Å². The van der Waals surface area contributed by atoms with Gasteiger partial charge in [0.1, 0.15) is 18.9 Å². The Morgan fingerprint density at radius 1 is 1.03 bits per heavy atom. The van der Waals surface area contributed by atoms with Crippen LogP contribution >= 0.6 is 0 Å². The summed E-state index contributed by atoms with van der Waals surface area (Å²) in [5, 5.41) is 3.00. The zero-order valence-corrected chi connectivity index (χ0v) is 17.1. The Morgan fingerprint density at radius 3 is 2.67 bits per heavy atom. The molecular formula is C24H25N3O3. The molecule has 3 aromatic rings. The van der Waals surface area contributed by atoms with E-state index in [1.54, 1.807) is 0 Å². The summed E-state index contributed by atoms with van der Waals surface area (Å²) < 4.78 is 13.2. The van der Waals surface area contributed by atoms with Crippen molar-refractivity contribution >= 4 is 11.6 Å². The van der Waals surface area contributed by atoms with Crippen LogP contribution in [-0.4, -0.2) is 35.1 Å². The smallest absolute Gasteiger partial charge is 0.272 e. The minimum Gasteiger partial charge on any atom is -0.486 e. The minimum atomic E-state index is -0.113. The molecule has 1 amide bonds. The number of nitrogens with zero attached hydrogens (tertiary/aromatic N) is 2. The lowest BCUT2D eigenvalue weighted by Gasteiger charge is -2.27. The standard InChI is InChI=1S/C24H25N3O3/c1-26-20-9-10-27(15-17-5-3-2-4-6-17)16-18(20)13-21(26)24(28)25-19-7-8-22-23(14-19)30-12-11-29-22/h2-8,13-14H,9-12,15-16H2,1H3,(H,25,28). The number of nitrogens with one attached hydrogen (secondary N) is 1. The van der Waals surface area contributed by atoms with Crippen molar-refractivity contribution in [3.05, 3.63) is 77.1 Å². The molecule has 154 valence electrons. The van der Waals surface area contributed by atoms with Crippen LogP contribution < -0.4 is 14.8 Å². The van der Waals surface area contributed by atoms with Crippen molar-refractivity contribution in [2.75, 3.05) is 25.1 Å². The lowest BCUT2D eigenvalue weighted by atomic mass is 10.1. The van der Waals surface area contributed by atoms with Crippen LogP contribution in [0.2, 0.25) is 0 Å². The second kappa shape index (κ2) is 7.88. The molecule has 0 aliphatic carbocycles. The lowest BCUT2D eigenvalue weighted by Crippen LogP contribution is -2.30. The molecule has 1 N–H and O–H groups in total. The van der Waals surface area contributed by atoms with Gasteiger partial charge in [0, 0.05) is 50.6 Å². The average molecular weight is 403 g/mol. The maximum atomic E-state index is 13.0. The number of carbonyl (C=O) groups is 1. The first kappa shape index (κ1) is 18.8. The van der Waals surface area contributed by atoms with Gasteiger partial charge in [-0.3, -0.25) is 9.69 Å². The van der Waals surface area contributed by atoms with E-state index in [4.69, 9.17) is 9.47 Å². The molecule has 0 radical (unpaired) electrons. The highest BCUT2D eigenvalue weighted by molar-refractivity contribution is 6.03. The van der Waals surface area contributed by atoms with Gasteiger partial charge in [0.05, 0.1) is 0 Å². The summed E-state index contributed by atoms with van der Waals surface area (Å²) in [5.41, 5.74) is 5.16. The van der Waals surface area contributed by atoms with Crippen LogP contribution in [0.15, 0.2) is 54.6 Å². The Kier molecular flexibility index (Phi) is 4.93. The molecule has 5 rings (SSSR count). The fourth-order valence-electron chi connectivity index (χ4n) is 4.27. The van der Waals surface area contributed by atoms with E-state index in [0.29, 0.717) is 36.1 Å².